The summed E-state index contributed by atoms with van der Waals surface area (Å²) < 4.78 is 0.998. The summed E-state index contributed by atoms with van der Waals surface area (Å²) in [6.45, 7) is 0.0254. The minimum atomic E-state index is 0.0254. The van der Waals surface area contributed by atoms with Crippen molar-refractivity contribution in [2.75, 3.05) is 0 Å². The molecule has 0 fully saturated rings. The topological polar surface area (TPSA) is 33.1 Å². The van der Waals surface area contributed by atoms with Crippen LogP contribution in [0.4, 0.5) is 0 Å². The molecule has 0 atom stereocenters. The van der Waals surface area contributed by atoms with Gasteiger partial charge in [0.15, 0.2) is 0 Å². The highest BCUT2D eigenvalue weighted by atomic mass is 79.9. The maximum atomic E-state index is 9.74. The fourth-order valence-corrected chi connectivity index (χ4v) is 2.78. The molecule has 0 saturated carbocycles. The first-order valence-corrected chi connectivity index (χ1v) is 7.28. The molecule has 3 rings (SSSR count). The standard InChI is InChI=1S/C17H14BrNO/c18-14-6-7-17-15(9-14)16(11-20)13(10-19-17)8-12-4-2-1-3-5-12/h1-7,9-10,20H,8,11H2. The van der Waals surface area contributed by atoms with Crippen LogP contribution in [-0.2, 0) is 13.0 Å². The van der Waals surface area contributed by atoms with Crippen molar-refractivity contribution in [2.24, 2.45) is 0 Å². The Morgan fingerprint density at radius 1 is 1.05 bits per heavy atom. The highest BCUT2D eigenvalue weighted by Crippen LogP contribution is 2.25. The third-order valence-corrected chi connectivity index (χ3v) is 3.92. The van der Waals surface area contributed by atoms with Crippen molar-refractivity contribution in [3.63, 3.8) is 0 Å². The second-order valence-electron chi connectivity index (χ2n) is 4.74. The summed E-state index contributed by atoms with van der Waals surface area (Å²) in [5.41, 5.74) is 4.16. The summed E-state index contributed by atoms with van der Waals surface area (Å²) in [4.78, 5) is 4.50. The molecule has 0 radical (unpaired) electrons. The molecule has 3 heteroatoms. The lowest BCUT2D eigenvalue weighted by molar-refractivity contribution is 0.282. The van der Waals surface area contributed by atoms with E-state index < -0.39 is 0 Å². The van der Waals surface area contributed by atoms with E-state index in [-0.39, 0.29) is 6.61 Å². The number of aliphatic hydroxyl groups excluding tert-OH is 1. The lowest BCUT2D eigenvalue weighted by Crippen LogP contribution is -1.99. The summed E-state index contributed by atoms with van der Waals surface area (Å²) in [6, 6.07) is 16.2. The molecule has 0 bridgehead atoms. The first-order chi connectivity index (χ1) is 9.78. The van der Waals surface area contributed by atoms with Crippen LogP contribution in [0.2, 0.25) is 0 Å². The Balaban J connectivity index is 2.11. The van der Waals surface area contributed by atoms with E-state index in [4.69, 9.17) is 0 Å². The highest BCUT2D eigenvalue weighted by Gasteiger charge is 2.09. The zero-order chi connectivity index (χ0) is 13.9. The minimum Gasteiger partial charge on any atom is -0.392 e. The maximum absolute atomic E-state index is 9.74. The third kappa shape index (κ3) is 2.60. The number of aromatic nitrogens is 1. The molecule has 2 nitrogen and oxygen atoms in total. The van der Waals surface area contributed by atoms with Gasteiger partial charge in [-0.3, -0.25) is 4.98 Å². The number of benzene rings is 2. The van der Waals surface area contributed by atoms with Crippen LogP contribution in [0, 0.1) is 0 Å². The molecular formula is C17H14BrNO. The molecule has 1 aromatic heterocycles. The predicted molar refractivity (Wildman–Crippen MR) is 84.6 cm³/mol. The number of pyridine rings is 1. The monoisotopic (exact) mass is 327 g/mol. The summed E-state index contributed by atoms with van der Waals surface area (Å²) in [5.74, 6) is 0. The minimum absolute atomic E-state index is 0.0254. The molecule has 0 aliphatic carbocycles. The van der Waals surface area contributed by atoms with Gasteiger partial charge in [0.25, 0.3) is 0 Å². The molecule has 20 heavy (non-hydrogen) atoms. The average molecular weight is 328 g/mol. The quantitative estimate of drug-likeness (QED) is 0.786. The Morgan fingerprint density at radius 3 is 2.60 bits per heavy atom. The predicted octanol–water partition coefficient (Wildman–Crippen LogP) is 4.08. The SMILES string of the molecule is OCc1c(Cc2ccccc2)cnc2ccc(Br)cc12. The van der Waals surface area contributed by atoms with Crippen LogP contribution in [-0.4, -0.2) is 10.1 Å². The molecule has 3 aromatic rings. The number of halogens is 1. The van der Waals surface area contributed by atoms with Crippen LogP contribution in [0.25, 0.3) is 10.9 Å². The molecule has 100 valence electrons. The van der Waals surface area contributed by atoms with E-state index in [9.17, 15) is 5.11 Å². The summed E-state index contributed by atoms with van der Waals surface area (Å²) >= 11 is 3.48. The van der Waals surface area contributed by atoms with Gasteiger partial charge in [-0.2, -0.15) is 0 Å². The Morgan fingerprint density at radius 2 is 1.85 bits per heavy atom. The summed E-state index contributed by atoms with van der Waals surface area (Å²) in [6.07, 6.45) is 2.65. The van der Waals surface area contributed by atoms with Gasteiger partial charge in [-0.1, -0.05) is 46.3 Å². The van der Waals surface area contributed by atoms with Crippen LogP contribution in [0.15, 0.2) is 59.2 Å². The van der Waals surface area contributed by atoms with Gasteiger partial charge in [-0.25, -0.2) is 0 Å². The van der Waals surface area contributed by atoms with E-state index in [1.165, 1.54) is 5.56 Å². The van der Waals surface area contributed by atoms with Gasteiger partial charge in [0.1, 0.15) is 0 Å². The Labute approximate surface area is 126 Å². The fourth-order valence-electron chi connectivity index (χ4n) is 2.42. The van der Waals surface area contributed by atoms with E-state index >= 15 is 0 Å². The van der Waals surface area contributed by atoms with Crippen molar-refractivity contribution in [1.29, 1.82) is 0 Å². The van der Waals surface area contributed by atoms with Crippen LogP contribution in [0.3, 0.4) is 0 Å². The molecule has 0 unspecified atom stereocenters. The van der Waals surface area contributed by atoms with Gasteiger partial charge >= 0.3 is 0 Å². The third-order valence-electron chi connectivity index (χ3n) is 3.43. The number of aliphatic hydroxyl groups is 1. The van der Waals surface area contributed by atoms with Crippen molar-refractivity contribution < 1.29 is 5.11 Å². The van der Waals surface area contributed by atoms with E-state index in [1.54, 1.807) is 0 Å². The number of nitrogens with zero attached hydrogens (tertiary/aromatic N) is 1. The van der Waals surface area contributed by atoms with Crippen LogP contribution in [0.5, 0.6) is 0 Å². The highest BCUT2D eigenvalue weighted by molar-refractivity contribution is 9.10. The Kier molecular flexibility index (Phi) is 3.81. The van der Waals surface area contributed by atoms with E-state index in [1.807, 2.05) is 42.6 Å². The second-order valence-corrected chi connectivity index (χ2v) is 5.66. The fraction of sp³-hybridized carbons (Fsp3) is 0.118. The van der Waals surface area contributed by atoms with Gasteiger partial charge in [-0.05, 0) is 41.3 Å². The molecule has 0 aliphatic heterocycles. The lowest BCUT2D eigenvalue weighted by Gasteiger charge is -2.11. The number of rotatable bonds is 3. The lowest BCUT2D eigenvalue weighted by atomic mass is 9.98. The Hall–Kier alpha value is -1.71. The normalized spacial score (nSPS) is 10.9. The van der Waals surface area contributed by atoms with Gasteiger partial charge in [0.05, 0.1) is 12.1 Å². The molecule has 1 heterocycles. The van der Waals surface area contributed by atoms with Gasteiger partial charge < -0.3 is 5.11 Å². The van der Waals surface area contributed by atoms with E-state index in [2.05, 4.69) is 33.0 Å². The van der Waals surface area contributed by atoms with Gasteiger partial charge in [-0.15, -0.1) is 0 Å². The first kappa shape index (κ1) is 13.3. The Bertz CT molecular complexity index is 741. The van der Waals surface area contributed by atoms with Crippen LogP contribution >= 0.6 is 15.9 Å². The molecule has 0 amide bonds. The number of fused-ring (bicyclic) bond motifs is 1. The smallest absolute Gasteiger partial charge is 0.0706 e. The summed E-state index contributed by atoms with van der Waals surface area (Å²) in [7, 11) is 0. The zero-order valence-electron chi connectivity index (χ0n) is 10.9. The van der Waals surface area contributed by atoms with Gasteiger partial charge in [0.2, 0.25) is 0 Å². The molecule has 2 aromatic carbocycles. The average Bonchev–Trinajstić information content (AvgIpc) is 2.48. The van der Waals surface area contributed by atoms with Crippen molar-refractivity contribution >= 4 is 26.8 Å². The second kappa shape index (κ2) is 5.73. The molecule has 0 saturated heterocycles. The zero-order valence-corrected chi connectivity index (χ0v) is 12.5. The molecule has 0 spiro atoms. The maximum Gasteiger partial charge on any atom is 0.0706 e. The van der Waals surface area contributed by atoms with E-state index in [0.717, 1.165) is 32.9 Å². The van der Waals surface area contributed by atoms with Crippen molar-refractivity contribution in [3.8, 4) is 0 Å². The van der Waals surface area contributed by atoms with Crippen molar-refractivity contribution in [2.45, 2.75) is 13.0 Å². The number of hydrogen-bond donors (Lipinski definition) is 1. The van der Waals surface area contributed by atoms with Crippen LogP contribution in [0.1, 0.15) is 16.7 Å². The van der Waals surface area contributed by atoms with E-state index in [0.29, 0.717) is 0 Å². The summed E-state index contributed by atoms with van der Waals surface area (Å²) in [5, 5.41) is 10.8. The van der Waals surface area contributed by atoms with Crippen molar-refractivity contribution in [3.05, 3.63) is 75.9 Å². The molecular weight excluding hydrogens is 314 g/mol. The first-order valence-electron chi connectivity index (χ1n) is 6.49. The number of hydrogen-bond acceptors (Lipinski definition) is 2. The largest absolute Gasteiger partial charge is 0.392 e. The van der Waals surface area contributed by atoms with Crippen molar-refractivity contribution in [1.82, 2.24) is 4.98 Å². The molecule has 0 aliphatic rings. The van der Waals surface area contributed by atoms with Crippen LogP contribution < -0.4 is 0 Å². The van der Waals surface area contributed by atoms with Gasteiger partial charge in [0, 0.05) is 16.1 Å². The molecule has 1 N–H and O–H groups in total.